The van der Waals surface area contributed by atoms with Crippen LogP contribution in [0.5, 0.6) is 5.75 Å². The van der Waals surface area contributed by atoms with Gasteiger partial charge in [0, 0.05) is 28.9 Å². The minimum Gasteiger partial charge on any atom is -0.494 e. The zero-order chi connectivity index (χ0) is 24.6. The van der Waals surface area contributed by atoms with Gasteiger partial charge in [-0.2, -0.15) is 10.2 Å². The molecular formula is C26H24N6O2S. The molecule has 0 aliphatic carbocycles. The smallest absolute Gasteiger partial charge is 0.229 e. The van der Waals surface area contributed by atoms with Crippen molar-refractivity contribution in [2.75, 3.05) is 17.2 Å². The third-order valence-electron chi connectivity index (χ3n) is 5.14. The molecule has 0 aliphatic heterocycles. The van der Waals surface area contributed by atoms with E-state index in [-0.39, 0.29) is 0 Å². The third-order valence-corrected chi connectivity index (χ3v) is 5.89. The highest BCUT2D eigenvalue weighted by molar-refractivity contribution is 7.73. The molecule has 35 heavy (non-hydrogen) atoms. The van der Waals surface area contributed by atoms with Gasteiger partial charge in [0.05, 0.1) is 28.8 Å². The number of nitrogens with one attached hydrogen (secondary N) is 3. The molecule has 0 spiro atoms. The van der Waals surface area contributed by atoms with E-state index in [1.807, 2.05) is 43.3 Å². The molecule has 9 heteroatoms. The van der Waals surface area contributed by atoms with Crippen LogP contribution in [0.15, 0.2) is 83.9 Å². The summed E-state index contributed by atoms with van der Waals surface area (Å²) < 4.78 is 24.6. The Hall–Kier alpha value is -4.42. The Morgan fingerprint density at radius 3 is 2.54 bits per heavy atom. The van der Waals surface area contributed by atoms with Crippen molar-refractivity contribution >= 4 is 28.0 Å². The van der Waals surface area contributed by atoms with Crippen molar-refractivity contribution in [1.29, 1.82) is 10.0 Å². The van der Waals surface area contributed by atoms with E-state index in [9.17, 15) is 4.21 Å². The van der Waals surface area contributed by atoms with Gasteiger partial charge in [-0.1, -0.05) is 30.3 Å². The van der Waals surface area contributed by atoms with Crippen LogP contribution in [0.1, 0.15) is 18.1 Å². The predicted octanol–water partition coefficient (Wildman–Crippen LogP) is 5.37. The highest BCUT2D eigenvalue weighted by Gasteiger charge is 2.11. The van der Waals surface area contributed by atoms with Crippen LogP contribution >= 0.6 is 0 Å². The molecule has 0 saturated heterocycles. The summed E-state index contributed by atoms with van der Waals surface area (Å²) in [6, 6.07) is 24.0. The van der Waals surface area contributed by atoms with Crippen LogP contribution in [0.25, 0.3) is 11.1 Å². The Morgan fingerprint density at radius 1 is 1.09 bits per heavy atom. The first-order valence-corrected chi connectivity index (χ1v) is 12.2. The highest BCUT2D eigenvalue weighted by Crippen LogP contribution is 2.29. The van der Waals surface area contributed by atoms with Crippen molar-refractivity contribution in [1.82, 2.24) is 9.97 Å². The molecule has 0 amide bonds. The monoisotopic (exact) mass is 484 g/mol. The molecule has 1 heterocycles. The SMILES string of the molecule is CCOc1ccc(-c2cnc(Nc3cccc([SH](=N)=O)c3)nc2NCc2ccc(C#N)cc2)cc1. The number of nitrogens with zero attached hydrogens (tertiary/aromatic N) is 3. The van der Waals surface area contributed by atoms with Gasteiger partial charge in [0.1, 0.15) is 11.6 Å². The van der Waals surface area contributed by atoms with Gasteiger partial charge >= 0.3 is 0 Å². The molecule has 0 aliphatic rings. The van der Waals surface area contributed by atoms with E-state index >= 15 is 0 Å². The number of nitriles is 1. The third kappa shape index (κ3) is 6.13. The lowest BCUT2D eigenvalue weighted by Crippen LogP contribution is -2.06. The molecule has 1 atom stereocenters. The first-order chi connectivity index (χ1) is 17.1. The fourth-order valence-electron chi connectivity index (χ4n) is 3.41. The number of thiol groups is 1. The second kappa shape index (κ2) is 11.1. The van der Waals surface area contributed by atoms with E-state index in [0.717, 1.165) is 22.4 Å². The largest absolute Gasteiger partial charge is 0.494 e. The van der Waals surface area contributed by atoms with E-state index in [1.165, 1.54) is 0 Å². The van der Waals surface area contributed by atoms with Crippen LogP contribution in [0, 0.1) is 16.1 Å². The maximum atomic E-state index is 11.5. The van der Waals surface area contributed by atoms with E-state index in [4.69, 9.17) is 14.8 Å². The Balaban J connectivity index is 1.64. The highest BCUT2D eigenvalue weighted by atomic mass is 32.2. The number of hydrogen-bond acceptors (Lipinski definition) is 8. The molecule has 1 unspecified atom stereocenters. The molecule has 176 valence electrons. The van der Waals surface area contributed by atoms with E-state index in [2.05, 4.69) is 26.7 Å². The van der Waals surface area contributed by atoms with E-state index in [0.29, 0.717) is 41.1 Å². The summed E-state index contributed by atoms with van der Waals surface area (Å²) >= 11 is 0. The Bertz CT molecular complexity index is 1420. The quantitative estimate of drug-likeness (QED) is 0.235. The first kappa shape index (κ1) is 23.7. The number of anilines is 3. The van der Waals surface area contributed by atoms with Gasteiger partial charge < -0.3 is 15.4 Å². The van der Waals surface area contributed by atoms with E-state index < -0.39 is 10.6 Å². The van der Waals surface area contributed by atoms with Gasteiger partial charge in [-0.05, 0) is 60.5 Å². The van der Waals surface area contributed by atoms with Gasteiger partial charge in [-0.25, -0.2) is 9.19 Å². The van der Waals surface area contributed by atoms with Crippen molar-refractivity contribution < 1.29 is 8.95 Å². The number of ether oxygens (including phenoxy) is 1. The van der Waals surface area contributed by atoms with Crippen LogP contribution in [0.2, 0.25) is 0 Å². The summed E-state index contributed by atoms with van der Waals surface area (Å²) in [7, 11) is -2.19. The van der Waals surface area contributed by atoms with Crippen LogP contribution in [-0.2, 0) is 17.1 Å². The van der Waals surface area contributed by atoms with Crippen LogP contribution in [0.4, 0.5) is 17.5 Å². The average molecular weight is 485 g/mol. The minimum atomic E-state index is -2.19. The summed E-state index contributed by atoms with van der Waals surface area (Å²) in [6.45, 7) is 3.04. The normalized spacial score (nSPS) is 11.3. The topological polar surface area (TPSA) is 124 Å². The molecule has 3 N–H and O–H groups in total. The molecule has 4 aromatic rings. The van der Waals surface area contributed by atoms with Crippen molar-refractivity contribution in [2.45, 2.75) is 18.4 Å². The van der Waals surface area contributed by atoms with Gasteiger partial charge in [0.15, 0.2) is 0 Å². The molecular weight excluding hydrogens is 460 g/mol. The van der Waals surface area contributed by atoms with Crippen molar-refractivity contribution in [2.24, 2.45) is 0 Å². The fourth-order valence-corrected chi connectivity index (χ4v) is 3.89. The first-order valence-electron chi connectivity index (χ1n) is 10.9. The second-order valence-electron chi connectivity index (χ2n) is 7.55. The zero-order valence-corrected chi connectivity index (χ0v) is 19.9. The summed E-state index contributed by atoms with van der Waals surface area (Å²) in [4.78, 5) is 9.59. The number of benzene rings is 3. The van der Waals surface area contributed by atoms with Gasteiger partial charge in [0.25, 0.3) is 0 Å². The maximum Gasteiger partial charge on any atom is 0.229 e. The standard InChI is InChI=1S/C26H24N6O2S/c1-2-34-22-12-10-20(11-13-22)24-17-30-26(31-21-4-3-5-23(14-21)35(28)33)32-25(24)29-16-19-8-6-18(15-27)7-9-19/h3-14,17,28,35H,2,16H2,1H3,(H2,29,30,31,32). The number of rotatable bonds is 9. The van der Waals surface area contributed by atoms with Crippen LogP contribution < -0.4 is 15.4 Å². The Morgan fingerprint density at radius 2 is 1.86 bits per heavy atom. The van der Waals surface area contributed by atoms with Crippen LogP contribution in [0.3, 0.4) is 0 Å². The molecule has 4 rings (SSSR count). The van der Waals surface area contributed by atoms with Crippen molar-refractivity contribution in [3.8, 4) is 22.9 Å². The predicted molar refractivity (Wildman–Crippen MR) is 137 cm³/mol. The van der Waals surface area contributed by atoms with Crippen molar-refractivity contribution in [3.63, 3.8) is 0 Å². The summed E-state index contributed by atoms with van der Waals surface area (Å²) in [6.07, 6.45) is 1.74. The molecule has 0 radical (unpaired) electrons. The summed E-state index contributed by atoms with van der Waals surface area (Å²) in [5, 5.41) is 15.5. The van der Waals surface area contributed by atoms with Gasteiger partial charge in [-0.15, -0.1) is 0 Å². The Labute approximate surface area is 205 Å². The fraction of sp³-hybridized carbons (Fsp3) is 0.115. The molecule has 0 bridgehead atoms. The molecule has 3 aromatic carbocycles. The summed E-state index contributed by atoms with van der Waals surface area (Å²) in [5.74, 6) is 1.77. The minimum absolute atomic E-state index is 0.361. The zero-order valence-electron chi connectivity index (χ0n) is 19.0. The second-order valence-corrected chi connectivity index (χ2v) is 8.65. The molecule has 0 saturated carbocycles. The lowest BCUT2D eigenvalue weighted by Gasteiger charge is -2.14. The maximum absolute atomic E-state index is 11.5. The average Bonchev–Trinajstić information content (AvgIpc) is 2.89. The van der Waals surface area contributed by atoms with Crippen molar-refractivity contribution in [3.05, 3.63) is 90.1 Å². The van der Waals surface area contributed by atoms with Gasteiger partial charge in [0.2, 0.25) is 5.95 Å². The lowest BCUT2D eigenvalue weighted by molar-refractivity contribution is 0.340. The number of hydrogen-bond donors (Lipinski definition) is 4. The van der Waals surface area contributed by atoms with Gasteiger partial charge in [-0.3, -0.25) is 4.78 Å². The molecule has 8 nitrogen and oxygen atoms in total. The lowest BCUT2D eigenvalue weighted by atomic mass is 10.1. The number of aromatic nitrogens is 2. The Kier molecular flexibility index (Phi) is 7.55. The molecule has 0 fully saturated rings. The summed E-state index contributed by atoms with van der Waals surface area (Å²) in [5.41, 5.74) is 3.99. The van der Waals surface area contributed by atoms with Crippen LogP contribution in [-0.4, -0.2) is 20.8 Å². The molecule has 1 aromatic heterocycles. The van der Waals surface area contributed by atoms with E-state index in [1.54, 1.807) is 42.6 Å².